The van der Waals surface area contributed by atoms with Gasteiger partial charge >= 0.3 is 0 Å². The molecule has 19 heavy (non-hydrogen) atoms. The summed E-state index contributed by atoms with van der Waals surface area (Å²) in [5.74, 6) is 0.907. The molecule has 1 fully saturated rings. The zero-order valence-corrected chi connectivity index (χ0v) is 13.8. The first-order valence-corrected chi connectivity index (χ1v) is 7.53. The van der Waals surface area contributed by atoms with Gasteiger partial charge in [-0.3, -0.25) is 0 Å². The summed E-state index contributed by atoms with van der Waals surface area (Å²) in [6, 6.07) is 6.65. The fourth-order valence-electron chi connectivity index (χ4n) is 2.41. The average Bonchev–Trinajstić information content (AvgIpc) is 2.38. The Morgan fingerprint density at radius 3 is 2.74 bits per heavy atom. The number of benzene rings is 1. The van der Waals surface area contributed by atoms with Crippen LogP contribution in [0.25, 0.3) is 0 Å². The van der Waals surface area contributed by atoms with Crippen molar-refractivity contribution in [3.63, 3.8) is 0 Å². The minimum atomic E-state index is 0.268. The molecule has 106 valence electrons. The number of nitrogens with one attached hydrogen (secondary N) is 1. The summed E-state index contributed by atoms with van der Waals surface area (Å²) >= 11 is 3.65. The monoisotopic (exact) mass is 326 g/mol. The van der Waals surface area contributed by atoms with Crippen LogP contribution in [0.2, 0.25) is 0 Å². The van der Waals surface area contributed by atoms with E-state index >= 15 is 0 Å². The largest absolute Gasteiger partial charge is 0.497 e. The number of halogens is 1. The molecule has 0 radical (unpaired) electrons. The SMILES string of the molecule is COc1ccc(Br)c(N2CCNC(C(C)(C)C)C2)c1. The van der Waals surface area contributed by atoms with E-state index in [0.29, 0.717) is 6.04 Å². The van der Waals surface area contributed by atoms with Crippen molar-refractivity contribution in [2.45, 2.75) is 26.8 Å². The van der Waals surface area contributed by atoms with Crippen LogP contribution in [0.5, 0.6) is 5.75 Å². The normalized spacial score (nSPS) is 20.5. The highest BCUT2D eigenvalue weighted by Crippen LogP contribution is 2.32. The van der Waals surface area contributed by atoms with Crippen LogP contribution in [0.4, 0.5) is 5.69 Å². The standard InChI is InChI=1S/C15H23BrN2O/c1-15(2,3)14-10-18(8-7-17-14)13-9-11(19-4)5-6-12(13)16/h5-6,9,14,17H,7-8,10H2,1-4H3. The second-order valence-corrected chi connectivity index (χ2v) is 6.99. The lowest BCUT2D eigenvalue weighted by Crippen LogP contribution is -2.56. The molecule has 1 unspecified atom stereocenters. The molecule has 0 bridgehead atoms. The number of nitrogens with zero attached hydrogens (tertiary/aromatic N) is 1. The minimum absolute atomic E-state index is 0.268. The third-order valence-electron chi connectivity index (χ3n) is 3.71. The lowest BCUT2D eigenvalue weighted by Gasteiger charge is -2.41. The predicted octanol–water partition coefficient (Wildman–Crippen LogP) is 3.28. The third kappa shape index (κ3) is 3.42. The molecule has 1 N–H and O–H groups in total. The van der Waals surface area contributed by atoms with Gasteiger partial charge in [-0.2, -0.15) is 0 Å². The maximum absolute atomic E-state index is 5.33. The van der Waals surface area contributed by atoms with Gasteiger partial charge in [0, 0.05) is 36.2 Å². The zero-order chi connectivity index (χ0) is 14.0. The zero-order valence-electron chi connectivity index (χ0n) is 12.2. The summed E-state index contributed by atoms with van der Waals surface area (Å²) in [5, 5.41) is 3.62. The van der Waals surface area contributed by atoms with E-state index in [1.54, 1.807) is 7.11 Å². The molecule has 3 nitrogen and oxygen atoms in total. The molecule has 0 amide bonds. The van der Waals surface area contributed by atoms with Gasteiger partial charge in [-0.25, -0.2) is 0 Å². The first-order valence-electron chi connectivity index (χ1n) is 6.73. The van der Waals surface area contributed by atoms with Gasteiger partial charge in [-0.1, -0.05) is 20.8 Å². The number of methoxy groups -OCH3 is 1. The van der Waals surface area contributed by atoms with Crippen molar-refractivity contribution < 1.29 is 4.74 Å². The smallest absolute Gasteiger partial charge is 0.121 e. The highest BCUT2D eigenvalue weighted by molar-refractivity contribution is 9.10. The van der Waals surface area contributed by atoms with Gasteiger partial charge in [0.15, 0.2) is 0 Å². The summed E-state index contributed by atoms with van der Waals surface area (Å²) in [6.07, 6.45) is 0. The van der Waals surface area contributed by atoms with Crippen LogP contribution in [0.1, 0.15) is 20.8 Å². The molecule has 1 heterocycles. The van der Waals surface area contributed by atoms with Gasteiger partial charge in [0.25, 0.3) is 0 Å². The average molecular weight is 327 g/mol. The second-order valence-electron chi connectivity index (χ2n) is 6.14. The van der Waals surface area contributed by atoms with Gasteiger partial charge in [0.1, 0.15) is 5.75 Å². The Hall–Kier alpha value is -0.740. The van der Waals surface area contributed by atoms with Crippen molar-refractivity contribution >= 4 is 21.6 Å². The molecule has 0 saturated carbocycles. The van der Waals surface area contributed by atoms with Crippen molar-refractivity contribution in [2.75, 3.05) is 31.6 Å². The number of hydrogen-bond acceptors (Lipinski definition) is 3. The summed E-state index contributed by atoms with van der Waals surface area (Å²) in [7, 11) is 1.71. The van der Waals surface area contributed by atoms with Crippen molar-refractivity contribution in [3.05, 3.63) is 22.7 Å². The molecule has 1 aliphatic heterocycles. The van der Waals surface area contributed by atoms with E-state index in [4.69, 9.17) is 4.74 Å². The molecule has 1 aromatic carbocycles. The Labute approximate surface area is 124 Å². The minimum Gasteiger partial charge on any atom is -0.497 e. The van der Waals surface area contributed by atoms with Crippen LogP contribution < -0.4 is 15.0 Å². The fourth-order valence-corrected chi connectivity index (χ4v) is 2.91. The van der Waals surface area contributed by atoms with Crippen molar-refractivity contribution in [3.8, 4) is 5.75 Å². The van der Waals surface area contributed by atoms with E-state index in [1.807, 2.05) is 6.07 Å². The lowest BCUT2D eigenvalue weighted by atomic mass is 9.85. The van der Waals surface area contributed by atoms with Crippen molar-refractivity contribution in [1.29, 1.82) is 0 Å². The molecule has 1 atom stereocenters. The van der Waals surface area contributed by atoms with E-state index in [-0.39, 0.29) is 5.41 Å². The van der Waals surface area contributed by atoms with Crippen LogP contribution >= 0.6 is 15.9 Å². The Morgan fingerprint density at radius 1 is 1.37 bits per heavy atom. The quantitative estimate of drug-likeness (QED) is 0.902. The summed E-state index contributed by atoms with van der Waals surface area (Å²) in [5.41, 5.74) is 1.49. The summed E-state index contributed by atoms with van der Waals surface area (Å²) in [6.45, 7) is 9.93. The fraction of sp³-hybridized carbons (Fsp3) is 0.600. The molecule has 0 aliphatic carbocycles. The first kappa shape index (κ1) is 14.7. The highest BCUT2D eigenvalue weighted by Gasteiger charge is 2.30. The molecule has 1 saturated heterocycles. The lowest BCUT2D eigenvalue weighted by molar-refractivity contribution is 0.254. The van der Waals surface area contributed by atoms with E-state index in [9.17, 15) is 0 Å². The topological polar surface area (TPSA) is 24.5 Å². The van der Waals surface area contributed by atoms with Crippen LogP contribution in [0.15, 0.2) is 22.7 Å². The maximum Gasteiger partial charge on any atom is 0.121 e. The number of ether oxygens (including phenoxy) is 1. The molecule has 2 rings (SSSR count). The van der Waals surface area contributed by atoms with Crippen molar-refractivity contribution in [2.24, 2.45) is 5.41 Å². The van der Waals surface area contributed by atoms with E-state index in [1.165, 1.54) is 5.69 Å². The Balaban J connectivity index is 2.21. The molecular formula is C15H23BrN2O. The van der Waals surface area contributed by atoms with Crippen LogP contribution in [0.3, 0.4) is 0 Å². The van der Waals surface area contributed by atoms with Gasteiger partial charge < -0.3 is 15.0 Å². The molecule has 0 spiro atoms. The Morgan fingerprint density at radius 2 is 2.11 bits per heavy atom. The number of rotatable bonds is 2. The van der Waals surface area contributed by atoms with Gasteiger partial charge in [0.05, 0.1) is 12.8 Å². The molecular weight excluding hydrogens is 304 g/mol. The highest BCUT2D eigenvalue weighted by atomic mass is 79.9. The van der Waals surface area contributed by atoms with E-state index in [0.717, 1.165) is 29.9 Å². The Kier molecular flexibility index (Phi) is 4.41. The molecule has 1 aliphatic rings. The van der Waals surface area contributed by atoms with Crippen LogP contribution in [-0.2, 0) is 0 Å². The van der Waals surface area contributed by atoms with E-state index < -0.39 is 0 Å². The predicted molar refractivity (Wildman–Crippen MR) is 84.2 cm³/mol. The molecule has 0 aromatic heterocycles. The summed E-state index contributed by atoms with van der Waals surface area (Å²) < 4.78 is 6.46. The maximum atomic E-state index is 5.33. The number of anilines is 1. The van der Waals surface area contributed by atoms with Crippen LogP contribution in [-0.4, -0.2) is 32.8 Å². The third-order valence-corrected chi connectivity index (χ3v) is 4.39. The number of hydrogen-bond donors (Lipinski definition) is 1. The molecule has 4 heteroatoms. The second kappa shape index (κ2) is 5.71. The number of piperazine rings is 1. The van der Waals surface area contributed by atoms with Gasteiger partial charge in [-0.05, 0) is 33.5 Å². The first-order chi connectivity index (χ1) is 8.91. The van der Waals surface area contributed by atoms with Crippen LogP contribution in [0, 0.1) is 5.41 Å². The summed E-state index contributed by atoms with van der Waals surface area (Å²) in [4.78, 5) is 2.43. The Bertz CT molecular complexity index is 442. The van der Waals surface area contributed by atoms with Crippen molar-refractivity contribution in [1.82, 2.24) is 5.32 Å². The van der Waals surface area contributed by atoms with Gasteiger partial charge in [0.2, 0.25) is 0 Å². The van der Waals surface area contributed by atoms with E-state index in [2.05, 4.69) is 59.1 Å². The molecule has 1 aromatic rings. The van der Waals surface area contributed by atoms with Gasteiger partial charge in [-0.15, -0.1) is 0 Å².